The number of nitrogens with zero attached hydrogens (tertiary/aromatic N) is 2. The average molecular weight is 459 g/mol. The SMILES string of the molecule is O=C(OCc1ccccc1)N(CC1C2CCC1CN(Cc1ccccc1)C2)c1ccc(F)cc1. The summed E-state index contributed by atoms with van der Waals surface area (Å²) in [5.74, 6) is 1.21. The highest BCUT2D eigenvalue weighted by atomic mass is 19.1. The van der Waals surface area contributed by atoms with E-state index in [1.165, 1.54) is 30.5 Å². The number of anilines is 1. The van der Waals surface area contributed by atoms with E-state index in [0.717, 1.165) is 25.2 Å². The normalized spacial score (nSPS) is 21.9. The number of amides is 1. The monoisotopic (exact) mass is 458 g/mol. The van der Waals surface area contributed by atoms with Gasteiger partial charge in [0.2, 0.25) is 0 Å². The summed E-state index contributed by atoms with van der Waals surface area (Å²) in [5, 5.41) is 0. The van der Waals surface area contributed by atoms with Crippen LogP contribution in [-0.4, -0.2) is 30.6 Å². The van der Waals surface area contributed by atoms with Gasteiger partial charge in [0.05, 0.1) is 0 Å². The summed E-state index contributed by atoms with van der Waals surface area (Å²) in [6, 6.07) is 26.5. The lowest BCUT2D eigenvalue weighted by atomic mass is 9.84. The molecule has 1 aliphatic carbocycles. The van der Waals surface area contributed by atoms with Gasteiger partial charge in [-0.25, -0.2) is 9.18 Å². The Morgan fingerprint density at radius 3 is 2.06 bits per heavy atom. The van der Waals surface area contributed by atoms with E-state index < -0.39 is 0 Å². The molecule has 0 spiro atoms. The maximum atomic E-state index is 13.6. The molecular weight excluding hydrogens is 427 g/mol. The van der Waals surface area contributed by atoms with E-state index in [1.807, 2.05) is 30.3 Å². The predicted octanol–water partition coefficient (Wildman–Crippen LogP) is 6.13. The minimum Gasteiger partial charge on any atom is -0.444 e. The Kier molecular flexibility index (Phi) is 6.91. The topological polar surface area (TPSA) is 32.8 Å². The van der Waals surface area contributed by atoms with Gasteiger partial charge in [-0.15, -0.1) is 0 Å². The Balaban J connectivity index is 1.28. The number of carbonyl (C=O) groups is 1. The van der Waals surface area contributed by atoms with Gasteiger partial charge < -0.3 is 4.74 Å². The second-order valence-corrected chi connectivity index (χ2v) is 9.57. The average Bonchev–Trinajstić information content (AvgIpc) is 3.10. The third-order valence-electron chi connectivity index (χ3n) is 7.31. The fraction of sp³-hybridized carbons (Fsp3) is 0.345. The summed E-state index contributed by atoms with van der Waals surface area (Å²) in [5.41, 5.74) is 2.98. The van der Waals surface area contributed by atoms with Crippen molar-refractivity contribution in [3.63, 3.8) is 0 Å². The number of hydrogen-bond donors (Lipinski definition) is 0. The molecule has 34 heavy (non-hydrogen) atoms. The molecule has 2 atom stereocenters. The van der Waals surface area contributed by atoms with Gasteiger partial charge in [-0.1, -0.05) is 60.7 Å². The summed E-state index contributed by atoms with van der Waals surface area (Å²) in [4.78, 5) is 17.5. The lowest BCUT2D eigenvalue weighted by molar-refractivity contribution is 0.102. The van der Waals surface area contributed by atoms with Crippen molar-refractivity contribution in [1.82, 2.24) is 4.90 Å². The molecule has 176 valence electrons. The minimum atomic E-state index is -0.374. The molecule has 1 aliphatic heterocycles. The molecule has 4 nitrogen and oxygen atoms in total. The quantitative estimate of drug-likeness (QED) is 0.427. The van der Waals surface area contributed by atoms with Crippen LogP contribution < -0.4 is 4.90 Å². The zero-order chi connectivity index (χ0) is 23.3. The molecule has 3 aromatic carbocycles. The predicted molar refractivity (Wildman–Crippen MR) is 132 cm³/mol. The summed E-state index contributed by atoms with van der Waals surface area (Å²) in [6.07, 6.45) is 2.01. The van der Waals surface area contributed by atoms with Crippen LogP contribution in [0, 0.1) is 23.6 Å². The van der Waals surface area contributed by atoms with Crippen LogP contribution in [0.25, 0.3) is 0 Å². The van der Waals surface area contributed by atoms with Gasteiger partial charge in [0.15, 0.2) is 0 Å². The summed E-state index contributed by atoms with van der Waals surface area (Å²) >= 11 is 0. The first-order valence-corrected chi connectivity index (χ1v) is 12.2. The Hall–Kier alpha value is -3.18. The molecule has 1 amide bonds. The molecule has 2 unspecified atom stereocenters. The van der Waals surface area contributed by atoms with Gasteiger partial charge in [0, 0.05) is 31.9 Å². The third kappa shape index (κ3) is 5.31. The second kappa shape index (κ2) is 10.4. The standard InChI is InChI=1S/C29H31FN2O2/c30-26-13-15-27(16-14-26)32(29(33)34-21-23-9-5-2-6-10-23)20-28-24-11-12-25(28)19-31(18-24)17-22-7-3-1-4-8-22/h1-10,13-16,24-25,28H,11-12,17-21H2. The Morgan fingerprint density at radius 1 is 0.853 bits per heavy atom. The number of hydrogen-bond acceptors (Lipinski definition) is 3. The lowest BCUT2D eigenvalue weighted by Crippen LogP contribution is -2.47. The van der Waals surface area contributed by atoms with E-state index in [2.05, 4.69) is 35.2 Å². The summed E-state index contributed by atoms with van der Waals surface area (Å²) < 4.78 is 19.3. The highest BCUT2D eigenvalue weighted by Crippen LogP contribution is 2.43. The van der Waals surface area contributed by atoms with Crippen molar-refractivity contribution in [2.45, 2.75) is 26.0 Å². The van der Waals surface area contributed by atoms with Crippen molar-refractivity contribution in [1.29, 1.82) is 0 Å². The van der Waals surface area contributed by atoms with Gasteiger partial charge in [-0.2, -0.15) is 0 Å². The molecule has 1 heterocycles. The lowest BCUT2D eigenvalue weighted by Gasteiger charge is -2.40. The molecule has 2 bridgehead atoms. The minimum absolute atomic E-state index is 0.222. The van der Waals surface area contributed by atoms with E-state index in [0.29, 0.717) is 30.0 Å². The van der Waals surface area contributed by atoms with Crippen molar-refractivity contribution in [3.8, 4) is 0 Å². The Bertz CT molecular complexity index is 1060. The zero-order valence-electron chi connectivity index (χ0n) is 19.4. The molecular formula is C29H31FN2O2. The summed E-state index contributed by atoms with van der Waals surface area (Å²) in [7, 11) is 0. The van der Waals surface area contributed by atoms with Crippen molar-refractivity contribution in [2.24, 2.45) is 17.8 Å². The van der Waals surface area contributed by atoms with Crippen LogP contribution in [0.3, 0.4) is 0 Å². The molecule has 2 fully saturated rings. The molecule has 3 aromatic rings. The van der Waals surface area contributed by atoms with Crippen molar-refractivity contribution in [2.75, 3.05) is 24.5 Å². The van der Waals surface area contributed by atoms with Crippen LogP contribution in [0.15, 0.2) is 84.9 Å². The Morgan fingerprint density at radius 2 is 1.44 bits per heavy atom. The number of piperidine rings is 1. The first-order valence-electron chi connectivity index (χ1n) is 12.2. The van der Waals surface area contributed by atoms with Crippen molar-refractivity contribution >= 4 is 11.8 Å². The molecule has 5 heteroatoms. The number of halogens is 1. The van der Waals surface area contributed by atoms with Gasteiger partial charge >= 0.3 is 6.09 Å². The Labute approximate surface area is 201 Å². The molecule has 1 saturated heterocycles. The third-order valence-corrected chi connectivity index (χ3v) is 7.31. The van der Waals surface area contributed by atoms with E-state index >= 15 is 0 Å². The van der Waals surface area contributed by atoms with E-state index in [-0.39, 0.29) is 18.5 Å². The van der Waals surface area contributed by atoms with Gasteiger partial charge in [0.1, 0.15) is 12.4 Å². The van der Waals surface area contributed by atoms with Crippen LogP contribution in [0.5, 0.6) is 0 Å². The molecule has 5 rings (SSSR count). The largest absolute Gasteiger partial charge is 0.444 e. The van der Waals surface area contributed by atoms with Crippen LogP contribution in [0.1, 0.15) is 24.0 Å². The van der Waals surface area contributed by atoms with Gasteiger partial charge in [-0.3, -0.25) is 9.80 Å². The number of ether oxygens (including phenoxy) is 1. The van der Waals surface area contributed by atoms with Crippen molar-refractivity contribution < 1.29 is 13.9 Å². The maximum Gasteiger partial charge on any atom is 0.414 e. The number of carbonyl (C=O) groups excluding carboxylic acids is 1. The van der Waals surface area contributed by atoms with E-state index in [4.69, 9.17) is 4.74 Å². The number of likely N-dealkylation sites (tertiary alicyclic amines) is 1. The molecule has 0 N–H and O–H groups in total. The van der Waals surface area contributed by atoms with Gasteiger partial charge in [-0.05, 0) is 66.0 Å². The van der Waals surface area contributed by atoms with Crippen molar-refractivity contribution in [3.05, 3.63) is 102 Å². The van der Waals surface area contributed by atoms with E-state index in [1.54, 1.807) is 17.0 Å². The fourth-order valence-electron chi connectivity index (χ4n) is 5.62. The number of benzene rings is 3. The highest BCUT2D eigenvalue weighted by molar-refractivity contribution is 5.87. The maximum absolute atomic E-state index is 13.6. The van der Waals surface area contributed by atoms with Gasteiger partial charge in [0.25, 0.3) is 0 Å². The number of rotatable bonds is 7. The molecule has 1 saturated carbocycles. The fourth-order valence-corrected chi connectivity index (χ4v) is 5.62. The summed E-state index contributed by atoms with van der Waals surface area (Å²) in [6.45, 7) is 3.90. The van der Waals surface area contributed by atoms with E-state index in [9.17, 15) is 9.18 Å². The van der Waals surface area contributed by atoms with Crippen LogP contribution >= 0.6 is 0 Å². The number of fused-ring (bicyclic) bond motifs is 2. The molecule has 2 aliphatic rings. The van der Waals surface area contributed by atoms with Crippen LogP contribution in [0.4, 0.5) is 14.9 Å². The zero-order valence-corrected chi connectivity index (χ0v) is 19.4. The highest BCUT2D eigenvalue weighted by Gasteiger charge is 2.43. The second-order valence-electron chi connectivity index (χ2n) is 9.57. The van der Waals surface area contributed by atoms with Crippen LogP contribution in [0.2, 0.25) is 0 Å². The smallest absolute Gasteiger partial charge is 0.414 e. The first kappa shape index (κ1) is 22.6. The van der Waals surface area contributed by atoms with Crippen LogP contribution in [-0.2, 0) is 17.9 Å². The first-order chi connectivity index (χ1) is 16.7. The molecule has 0 radical (unpaired) electrons. The molecule has 0 aromatic heterocycles.